The van der Waals surface area contributed by atoms with E-state index in [0.717, 1.165) is 0 Å². The summed E-state index contributed by atoms with van der Waals surface area (Å²) in [5.41, 5.74) is 0. The van der Waals surface area contributed by atoms with Crippen LogP contribution < -0.4 is 0 Å². The average molecular weight is 142 g/mol. The molecule has 4 nitrogen and oxygen atoms in total. The van der Waals surface area contributed by atoms with Crippen molar-refractivity contribution in [2.75, 3.05) is 20.3 Å². The van der Waals surface area contributed by atoms with Crippen LogP contribution in [0.3, 0.4) is 0 Å². The first-order valence-electron chi connectivity index (χ1n) is 3.03. The van der Waals surface area contributed by atoms with Crippen LogP contribution in [0.15, 0.2) is 12.4 Å². The zero-order valence-corrected chi connectivity index (χ0v) is 5.82. The van der Waals surface area contributed by atoms with E-state index < -0.39 is 5.97 Å². The minimum absolute atomic E-state index is 0.0842. The Morgan fingerprint density at radius 3 is 2.80 bits per heavy atom. The van der Waals surface area contributed by atoms with Gasteiger partial charge in [-0.15, -0.1) is 0 Å². The van der Waals surface area contributed by atoms with Crippen LogP contribution in [0.4, 0.5) is 0 Å². The molecule has 4 heteroatoms. The summed E-state index contributed by atoms with van der Waals surface area (Å²) in [6, 6.07) is 0. The highest BCUT2D eigenvalue weighted by Gasteiger charge is 2.10. The van der Waals surface area contributed by atoms with Crippen molar-refractivity contribution in [1.29, 1.82) is 0 Å². The van der Waals surface area contributed by atoms with E-state index in [1.807, 2.05) is 18.1 Å². The van der Waals surface area contributed by atoms with Gasteiger partial charge in [-0.2, -0.15) is 0 Å². The number of carbonyl (C=O) groups is 1. The van der Waals surface area contributed by atoms with Gasteiger partial charge in [-0.3, -0.25) is 4.79 Å². The second-order valence-corrected chi connectivity index (χ2v) is 2.34. The Morgan fingerprint density at radius 2 is 2.40 bits per heavy atom. The predicted octanol–water partition coefficient (Wildman–Crippen LogP) is -0.253. The minimum Gasteiger partial charge on any atom is -0.480 e. The zero-order chi connectivity index (χ0) is 7.56. The van der Waals surface area contributed by atoms with Gasteiger partial charge in [0.2, 0.25) is 0 Å². The minimum atomic E-state index is -0.792. The molecule has 0 aliphatic carbocycles. The second kappa shape index (κ2) is 2.60. The number of carboxylic acids is 1. The molecular formula is C6H10N2O2. The fourth-order valence-corrected chi connectivity index (χ4v) is 0.865. The van der Waals surface area contributed by atoms with Crippen LogP contribution in [0.2, 0.25) is 0 Å². The Labute approximate surface area is 59.3 Å². The number of hydrogen-bond acceptors (Lipinski definition) is 3. The van der Waals surface area contributed by atoms with Crippen molar-refractivity contribution in [3.05, 3.63) is 12.4 Å². The van der Waals surface area contributed by atoms with Crippen LogP contribution in [-0.2, 0) is 4.79 Å². The molecule has 0 atom stereocenters. The molecule has 56 valence electrons. The molecule has 0 spiro atoms. The lowest BCUT2D eigenvalue weighted by Crippen LogP contribution is -2.27. The number of hydrogen-bond donors (Lipinski definition) is 1. The monoisotopic (exact) mass is 142 g/mol. The lowest BCUT2D eigenvalue weighted by Gasteiger charge is -2.14. The molecule has 0 aromatic rings. The average Bonchev–Trinajstić information content (AvgIpc) is 2.13. The first-order valence-corrected chi connectivity index (χ1v) is 3.03. The predicted molar refractivity (Wildman–Crippen MR) is 36.1 cm³/mol. The number of nitrogens with zero attached hydrogens (tertiary/aromatic N) is 2. The van der Waals surface area contributed by atoms with E-state index in [-0.39, 0.29) is 6.54 Å². The number of carboxylic acid groups (broad SMARTS) is 1. The lowest BCUT2D eigenvalue weighted by atomic mass is 10.6. The molecule has 0 radical (unpaired) electrons. The lowest BCUT2D eigenvalue weighted by molar-refractivity contribution is -0.137. The molecule has 1 N–H and O–H groups in total. The van der Waals surface area contributed by atoms with Gasteiger partial charge in [-0.1, -0.05) is 0 Å². The van der Waals surface area contributed by atoms with Crippen molar-refractivity contribution in [3.63, 3.8) is 0 Å². The Morgan fingerprint density at radius 1 is 1.70 bits per heavy atom. The molecule has 0 unspecified atom stereocenters. The van der Waals surface area contributed by atoms with Crippen LogP contribution in [-0.4, -0.2) is 41.1 Å². The quantitative estimate of drug-likeness (QED) is 0.577. The van der Waals surface area contributed by atoms with E-state index in [9.17, 15) is 4.79 Å². The summed E-state index contributed by atoms with van der Waals surface area (Å²) >= 11 is 0. The molecule has 0 saturated carbocycles. The van der Waals surface area contributed by atoms with Crippen LogP contribution in [0, 0.1) is 0 Å². The largest absolute Gasteiger partial charge is 0.480 e. The molecule has 1 aliphatic rings. The van der Waals surface area contributed by atoms with Gasteiger partial charge in [-0.25, -0.2) is 0 Å². The van der Waals surface area contributed by atoms with Crippen molar-refractivity contribution in [2.45, 2.75) is 0 Å². The second-order valence-electron chi connectivity index (χ2n) is 2.34. The van der Waals surface area contributed by atoms with Gasteiger partial charge in [0.15, 0.2) is 0 Å². The van der Waals surface area contributed by atoms with Crippen molar-refractivity contribution in [2.24, 2.45) is 0 Å². The molecule has 0 amide bonds. The number of aliphatic carboxylic acids is 1. The van der Waals surface area contributed by atoms with Crippen molar-refractivity contribution in [1.82, 2.24) is 9.80 Å². The van der Waals surface area contributed by atoms with Crippen LogP contribution in [0.1, 0.15) is 0 Å². The highest BCUT2D eigenvalue weighted by Crippen LogP contribution is 2.01. The third-order valence-corrected chi connectivity index (χ3v) is 1.28. The topological polar surface area (TPSA) is 43.8 Å². The van der Waals surface area contributed by atoms with E-state index in [0.29, 0.717) is 6.67 Å². The summed E-state index contributed by atoms with van der Waals surface area (Å²) in [4.78, 5) is 13.8. The molecule has 0 fully saturated rings. The molecule has 1 aliphatic heterocycles. The molecular weight excluding hydrogens is 132 g/mol. The SMILES string of the molecule is CN1C=CN(CC(=O)O)C1. The Balaban J connectivity index is 2.33. The summed E-state index contributed by atoms with van der Waals surface area (Å²) < 4.78 is 0. The zero-order valence-electron chi connectivity index (χ0n) is 5.82. The summed E-state index contributed by atoms with van der Waals surface area (Å²) in [6.07, 6.45) is 3.62. The van der Waals surface area contributed by atoms with E-state index in [4.69, 9.17) is 5.11 Å². The van der Waals surface area contributed by atoms with E-state index in [2.05, 4.69) is 0 Å². The first kappa shape index (κ1) is 6.92. The molecule has 0 aromatic heterocycles. The molecule has 10 heavy (non-hydrogen) atoms. The smallest absolute Gasteiger partial charge is 0.323 e. The number of rotatable bonds is 2. The maximum absolute atomic E-state index is 10.2. The van der Waals surface area contributed by atoms with Crippen LogP contribution in [0.25, 0.3) is 0 Å². The Bertz CT molecular complexity index is 167. The standard InChI is InChI=1S/C6H10N2O2/c1-7-2-3-8(5-7)4-6(9)10/h2-3H,4-5H2,1H3,(H,9,10). The van der Waals surface area contributed by atoms with Crippen molar-refractivity contribution < 1.29 is 9.90 Å². The van der Waals surface area contributed by atoms with Gasteiger partial charge in [0.25, 0.3) is 0 Å². The van der Waals surface area contributed by atoms with Crippen molar-refractivity contribution in [3.8, 4) is 0 Å². The molecule has 0 aromatic carbocycles. The highest BCUT2D eigenvalue weighted by atomic mass is 16.4. The fraction of sp³-hybridized carbons (Fsp3) is 0.500. The maximum Gasteiger partial charge on any atom is 0.323 e. The Hall–Kier alpha value is -1.19. The summed E-state index contributed by atoms with van der Waals surface area (Å²) in [7, 11) is 1.90. The van der Waals surface area contributed by atoms with Gasteiger partial charge in [-0.05, 0) is 0 Å². The van der Waals surface area contributed by atoms with Crippen molar-refractivity contribution >= 4 is 5.97 Å². The van der Waals surface area contributed by atoms with Gasteiger partial charge in [0.1, 0.15) is 6.54 Å². The van der Waals surface area contributed by atoms with E-state index in [1.165, 1.54) is 0 Å². The summed E-state index contributed by atoms with van der Waals surface area (Å²) in [5, 5.41) is 8.37. The van der Waals surface area contributed by atoms with Gasteiger partial charge >= 0.3 is 5.97 Å². The highest BCUT2D eigenvalue weighted by molar-refractivity contribution is 5.69. The normalized spacial score (nSPS) is 16.5. The molecule has 0 saturated heterocycles. The first-order chi connectivity index (χ1) is 4.68. The summed E-state index contributed by atoms with van der Waals surface area (Å²) in [5.74, 6) is -0.792. The molecule has 0 bridgehead atoms. The third kappa shape index (κ3) is 1.65. The summed E-state index contributed by atoms with van der Waals surface area (Å²) in [6.45, 7) is 0.757. The van der Waals surface area contributed by atoms with Gasteiger partial charge < -0.3 is 14.9 Å². The van der Waals surface area contributed by atoms with E-state index in [1.54, 1.807) is 11.1 Å². The maximum atomic E-state index is 10.2. The molecule has 1 rings (SSSR count). The van der Waals surface area contributed by atoms with Gasteiger partial charge in [0.05, 0.1) is 6.67 Å². The van der Waals surface area contributed by atoms with Gasteiger partial charge in [0, 0.05) is 19.4 Å². The van der Waals surface area contributed by atoms with Crippen LogP contribution >= 0.6 is 0 Å². The van der Waals surface area contributed by atoms with E-state index >= 15 is 0 Å². The third-order valence-electron chi connectivity index (χ3n) is 1.28. The molecule has 1 heterocycles. The Kier molecular flexibility index (Phi) is 1.80. The van der Waals surface area contributed by atoms with Crippen LogP contribution in [0.5, 0.6) is 0 Å². The fourth-order valence-electron chi connectivity index (χ4n) is 0.865.